The van der Waals surface area contributed by atoms with Crippen LogP contribution in [-0.4, -0.2) is 45.9 Å². The van der Waals surface area contributed by atoms with E-state index in [1.165, 1.54) is 16.4 Å². The molecular weight excluding hydrogens is 417 g/mol. The van der Waals surface area contributed by atoms with Crippen molar-refractivity contribution in [3.8, 4) is 11.5 Å². The molecule has 6 nitrogen and oxygen atoms in total. The van der Waals surface area contributed by atoms with E-state index in [1.807, 2.05) is 20.9 Å². The molecule has 3 N–H and O–H groups in total. The molecule has 0 atom stereocenters. The highest BCUT2D eigenvalue weighted by molar-refractivity contribution is 7.89. The Bertz CT molecular complexity index is 948. The average Bonchev–Trinajstić information content (AvgIpc) is 2.74. The van der Waals surface area contributed by atoms with E-state index in [9.17, 15) is 12.8 Å². The molecule has 29 heavy (non-hydrogen) atoms. The molecule has 0 bridgehead atoms. The number of hydrogen-bond acceptors (Lipinski definition) is 4. The molecule has 0 spiro atoms. The second-order valence-electron chi connectivity index (χ2n) is 6.31. The Kier molecular flexibility index (Phi) is 8.42. The van der Waals surface area contributed by atoms with Gasteiger partial charge in [-0.2, -0.15) is 4.31 Å². The first-order valence-corrected chi connectivity index (χ1v) is 11.4. The van der Waals surface area contributed by atoms with Crippen LogP contribution in [0.2, 0.25) is 5.02 Å². The molecule has 9 heteroatoms. The summed E-state index contributed by atoms with van der Waals surface area (Å²) in [7, 11) is -1.97. The molecule has 1 aliphatic rings. The zero-order valence-corrected chi connectivity index (χ0v) is 18.7. The van der Waals surface area contributed by atoms with Gasteiger partial charge in [0.1, 0.15) is 16.3 Å². The minimum Gasteiger partial charge on any atom is -0.453 e. The number of quaternary nitrogens is 1. The van der Waals surface area contributed by atoms with Gasteiger partial charge in [-0.1, -0.05) is 25.4 Å². The van der Waals surface area contributed by atoms with Crippen molar-refractivity contribution >= 4 is 27.3 Å². The highest BCUT2D eigenvalue weighted by Crippen LogP contribution is 2.35. The van der Waals surface area contributed by atoms with Crippen molar-refractivity contribution in [1.82, 2.24) is 9.62 Å². The molecule has 1 saturated heterocycles. The van der Waals surface area contributed by atoms with Crippen molar-refractivity contribution in [1.29, 1.82) is 0 Å². The summed E-state index contributed by atoms with van der Waals surface area (Å²) in [6.07, 6.45) is 0. The second-order valence-corrected chi connectivity index (χ2v) is 8.62. The van der Waals surface area contributed by atoms with Gasteiger partial charge in [0, 0.05) is 38.3 Å². The van der Waals surface area contributed by atoms with Gasteiger partial charge in [0.2, 0.25) is 10.0 Å². The van der Waals surface area contributed by atoms with Crippen LogP contribution in [0.3, 0.4) is 0 Å². The number of benzene rings is 2. The summed E-state index contributed by atoms with van der Waals surface area (Å²) in [4.78, 5) is 0.0111. The molecule has 2 aromatic carbocycles. The lowest BCUT2D eigenvalue weighted by Gasteiger charge is -2.27. The molecule has 0 aliphatic carbocycles. The van der Waals surface area contributed by atoms with Crippen molar-refractivity contribution in [2.24, 2.45) is 0 Å². The van der Waals surface area contributed by atoms with E-state index in [4.69, 9.17) is 16.3 Å². The maximum absolute atomic E-state index is 14.4. The number of hydrogen-bond donors (Lipinski definition) is 2. The molecule has 0 amide bonds. The second kappa shape index (κ2) is 10.4. The number of aryl methyl sites for hydroxylation is 1. The molecule has 0 saturated carbocycles. The van der Waals surface area contributed by atoms with Crippen molar-refractivity contribution in [2.75, 3.05) is 33.2 Å². The first-order chi connectivity index (χ1) is 13.8. The largest absolute Gasteiger partial charge is 0.453 e. The average molecular weight is 445 g/mol. The predicted octanol–water partition coefficient (Wildman–Crippen LogP) is 3.02. The Morgan fingerprint density at radius 1 is 1.14 bits per heavy atom. The fourth-order valence-electron chi connectivity index (χ4n) is 2.90. The van der Waals surface area contributed by atoms with Gasteiger partial charge in [0.05, 0.1) is 12.1 Å². The molecule has 160 valence electrons. The Morgan fingerprint density at radius 2 is 1.79 bits per heavy atom. The number of sulfonamides is 1. The predicted molar refractivity (Wildman–Crippen MR) is 113 cm³/mol. The van der Waals surface area contributed by atoms with Gasteiger partial charge in [-0.25, -0.2) is 12.8 Å². The number of rotatable bonds is 5. The van der Waals surface area contributed by atoms with Gasteiger partial charge in [-0.3, -0.25) is 0 Å². The van der Waals surface area contributed by atoms with Gasteiger partial charge in [-0.15, -0.1) is 0 Å². The van der Waals surface area contributed by atoms with Crippen LogP contribution in [-0.2, 0) is 10.0 Å². The van der Waals surface area contributed by atoms with Crippen LogP contribution in [0.1, 0.15) is 19.4 Å². The van der Waals surface area contributed by atoms with Crippen molar-refractivity contribution < 1.29 is 22.9 Å². The van der Waals surface area contributed by atoms with Crippen LogP contribution in [0.4, 0.5) is 10.1 Å². The molecule has 0 aromatic heterocycles. The number of nitrogens with two attached hydrogens (primary N) is 1. The van der Waals surface area contributed by atoms with Crippen LogP contribution >= 0.6 is 11.6 Å². The van der Waals surface area contributed by atoms with Crippen LogP contribution in [0.15, 0.2) is 35.2 Å². The van der Waals surface area contributed by atoms with Crippen molar-refractivity contribution in [3.05, 3.63) is 46.7 Å². The number of nitrogens with one attached hydrogen (secondary N) is 1. The minimum absolute atomic E-state index is 0.0111. The Morgan fingerprint density at radius 3 is 2.41 bits per heavy atom. The van der Waals surface area contributed by atoms with Crippen molar-refractivity contribution in [2.45, 2.75) is 25.7 Å². The summed E-state index contributed by atoms with van der Waals surface area (Å²) in [5.41, 5.74) is 1.44. The topological polar surface area (TPSA) is 75.2 Å². The normalized spacial score (nSPS) is 14.8. The lowest BCUT2D eigenvalue weighted by atomic mass is 10.2. The Balaban J connectivity index is 0.00000145. The van der Waals surface area contributed by atoms with Gasteiger partial charge in [0.25, 0.3) is 0 Å². The smallest absolute Gasteiger partial charge is 0.247 e. The Hall–Kier alpha value is -1.71. The zero-order chi connectivity index (χ0) is 21.6. The highest BCUT2D eigenvalue weighted by atomic mass is 35.5. The molecule has 3 rings (SSSR count). The van der Waals surface area contributed by atoms with Crippen molar-refractivity contribution in [3.63, 3.8) is 0 Å². The van der Waals surface area contributed by atoms with Crippen LogP contribution in [0.25, 0.3) is 0 Å². The van der Waals surface area contributed by atoms with E-state index in [-0.39, 0.29) is 21.4 Å². The van der Waals surface area contributed by atoms with Crippen LogP contribution in [0.5, 0.6) is 11.5 Å². The lowest BCUT2D eigenvalue weighted by Crippen LogP contribution is -2.72. The summed E-state index contributed by atoms with van der Waals surface area (Å²) in [5, 5.41) is 4.85. The van der Waals surface area contributed by atoms with E-state index in [0.717, 1.165) is 5.69 Å². The van der Waals surface area contributed by atoms with E-state index in [0.29, 0.717) is 31.7 Å². The summed E-state index contributed by atoms with van der Waals surface area (Å²) in [6.45, 7) is 7.65. The third-order valence-electron chi connectivity index (χ3n) is 4.35. The Labute approximate surface area is 177 Å². The van der Waals surface area contributed by atoms with Crippen LogP contribution < -0.4 is 15.4 Å². The first kappa shape index (κ1) is 23.6. The monoisotopic (exact) mass is 444 g/mol. The fourth-order valence-corrected chi connectivity index (χ4v) is 4.76. The molecule has 1 fully saturated rings. The quantitative estimate of drug-likeness (QED) is 0.695. The highest BCUT2D eigenvalue weighted by Gasteiger charge is 2.30. The number of piperazine rings is 1. The standard InChI is InChI=1S/C18H21ClFN3O3S.C2H6/c1-12-9-14(19)18(20)16(10-12)26-15-4-3-13(21-2)11-17(15)27(24,25)23-7-5-22-6-8-23;1-2/h3-4,9-11,21-22H,5-8H2,1-2H3;1-2H3/p+1. The molecule has 0 unspecified atom stereocenters. The van der Waals surface area contributed by atoms with Crippen LogP contribution in [0, 0.1) is 12.7 Å². The number of halogens is 2. The maximum atomic E-state index is 14.4. The lowest BCUT2D eigenvalue weighted by molar-refractivity contribution is -0.539. The minimum atomic E-state index is -3.79. The van der Waals surface area contributed by atoms with Gasteiger partial charge >= 0.3 is 0 Å². The number of nitrogens with zero attached hydrogens (tertiary/aromatic N) is 1. The van der Waals surface area contributed by atoms with Gasteiger partial charge in [-0.05, 0) is 30.7 Å². The molecule has 1 aliphatic heterocycles. The van der Waals surface area contributed by atoms with Gasteiger partial charge < -0.3 is 15.4 Å². The van der Waals surface area contributed by atoms with E-state index < -0.39 is 15.8 Å². The van der Waals surface area contributed by atoms with E-state index in [2.05, 4.69) is 5.32 Å². The molecular formula is C20H28ClFN3O3S+. The maximum Gasteiger partial charge on any atom is 0.247 e. The SMILES string of the molecule is CC.C[NH2+]c1ccc(Oc2cc(C)cc(Cl)c2F)c(S(=O)(=O)N2CCNCC2)c1. The zero-order valence-electron chi connectivity index (χ0n) is 17.1. The molecule has 1 heterocycles. The third kappa shape index (κ3) is 5.46. The third-order valence-corrected chi connectivity index (χ3v) is 6.55. The molecule has 0 radical (unpaired) electrons. The summed E-state index contributed by atoms with van der Waals surface area (Å²) in [6, 6.07) is 7.78. The number of ether oxygens (including phenoxy) is 1. The van der Waals surface area contributed by atoms with E-state index >= 15 is 0 Å². The summed E-state index contributed by atoms with van der Waals surface area (Å²) in [5.74, 6) is -0.761. The van der Waals surface area contributed by atoms with Gasteiger partial charge in [0.15, 0.2) is 11.6 Å². The summed E-state index contributed by atoms with van der Waals surface area (Å²) >= 11 is 5.89. The molecule has 2 aromatic rings. The fraction of sp³-hybridized carbons (Fsp3) is 0.400. The first-order valence-electron chi connectivity index (χ1n) is 9.60. The van der Waals surface area contributed by atoms with E-state index in [1.54, 1.807) is 30.4 Å². The summed E-state index contributed by atoms with van der Waals surface area (Å²) < 4.78 is 47.8.